The molecule has 2 rings (SSSR count). The van der Waals surface area contributed by atoms with E-state index in [-0.39, 0.29) is 6.03 Å². The molecule has 1 atom stereocenters. The van der Waals surface area contributed by atoms with Crippen molar-refractivity contribution in [2.45, 2.75) is 12.6 Å². The van der Waals surface area contributed by atoms with Gasteiger partial charge in [-0.3, -0.25) is 4.68 Å². The number of hydrogen-bond acceptors (Lipinski definition) is 4. The lowest BCUT2D eigenvalue weighted by molar-refractivity contribution is -0.140. The highest BCUT2D eigenvalue weighted by atomic mass is 32.2. The summed E-state index contributed by atoms with van der Waals surface area (Å²) in [6, 6.07) is 0.699. The van der Waals surface area contributed by atoms with Gasteiger partial charge in [0.1, 0.15) is 6.04 Å². The Bertz CT molecular complexity index is 462. The number of carboxylic acids is 1. The topological polar surface area (TPSA) is 87.5 Å². The van der Waals surface area contributed by atoms with Crippen LogP contribution in [0.15, 0.2) is 12.3 Å². The van der Waals surface area contributed by atoms with Crippen molar-refractivity contribution in [2.24, 2.45) is 7.05 Å². The highest BCUT2D eigenvalue weighted by Gasteiger charge is 2.34. The first kappa shape index (κ1) is 12.7. The van der Waals surface area contributed by atoms with E-state index in [2.05, 4.69) is 10.4 Å². The molecule has 98 valence electrons. The zero-order chi connectivity index (χ0) is 13.1. The summed E-state index contributed by atoms with van der Waals surface area (Å²) >= 11 is 1.44. The van der Waals surface area contributed by atoms with Crippen molar-refractivity contribution in [1.29, 1.82) is 0 Å². The molecule has 2 amide bonds. The first-order valence-corrected chi connectivity index (χ1v) is 6.57. The molecule has 1 aliphatic rings. The third kappa shape index (κ3) is 2.76. The number of rotatable bonds is 3. The normalized spacial score (nSPS) is 18.9. The predicted molar refractivity (Wildman–Crippen MR) is 66.0 cm³/mol. The van der Waals surface area contributed by atoms with E-state index in [4.69, 9.17) is 5.11 Å². The Morgan fingerprint density at radius 1 is 1.67 bits per heavy atom. The van der Waals surface area contributed by atoms with Gasteiger partial charge in [0.05, 0.1) is 18.1 Å². The maximum atomic E-state index is 11.8. The Kier molecular flexibility index (Phi) is 3.75. The van der Waals surface area contributed by atoms with Gasteiger partial charge < -0.3 is 15.3 Å². The number of aryl methyl sites for hydroxylation is 1. The van der Waals surface area contributed by atoms with Crippen molar-refractivity contribution < 1.29 is 14.7 Å². The van der Waals surface area contributed by atoms with Crippen molar-refractivity contribution in [3.05, 3.63) is 18.0 Å². The fraction of sp³-hybridized carbons (Fsp3) is 0.500. The Labute approximate surface area is 108 Å². The van der Waals surface area contributed by atoms with Gasteiger partial charge in [-0.15, -0.1) is 11.8 Å². The minimum atomic E-state index is -0.965. The summed E-state index contributed by atoms with van der Waals surface area (Å²) in [5.41, 5.74) is 0.740. The van der Waals surface area contributed by atoms with Crippen molar-refractivity contribution in [3.8, 4) is 0 Å². The first-order valence-electron chi connectivity index (χ1n) is 5.41. The SMILES string of the molecule is Cn1ccc(CNC(=O)N2CSC[C@H]2C(=O)O)n1. The number of carbonyl (C=O) groups excluding carboxylic acids is 1. The smallest absolute Gasteiger partial charge is 0.327 e. The van der Waals surface area contributed by atoms with Crippen LogP contribution in [0.1, 0.15) is 5.69 Å². The fourth-order valence-electron chi connectivity index (χ4n) is 1.67. The molecule has 0 bridgehead atoms. The predicted octanol–water partition coefficient (Wildman–Crippen LogP) is 0.0892. The number of nitrogens with one attached hydrogen (secondary N) is 1. The average molecular weight is 270 g/mol. The Morgan fingerprint density at radius 2 is 2.44 bits per heavy atom. The van der Waals surface area contributed by atoms with Crippen molar-refractivity contribution in [3.63, 3.8) is 0 Å². The van der Waals surface area contributed by atoms with Crippen LogP contribution >= 0.6 is 11.8 Å². The van der Waals surface area contributed by atoms with Crippen LogP contribution in [0.5, 0.6) is 0 Å². The van der Waals surface area contributed by atoms with Crippen LogP contribution < -0.4 is 5.32 Å². The molecule has 0 radical (unpaired) electrons. The summed E-state index contributed by atoms with van der Waals surface area (Å²) < 4.78 is 1.65. The zero-order valence-electron chi connectivity index (χ0n) is 9.87. The molecule has 8 heteroatoms. The molecule has 0 aliphatic carbocycles. The molecular weight excluding hydrogens is 256 g/mol. The molecule has 1 fully saturated rings. The number of carboxylic acid groups (broad SMARTS) is 1. The molecule has 2 N–H and O–H groups in total. The van der Waals surface area contributed by atoms with Gasteiger partial charge in [0.2, 0.25) is 0 Å². The monoisotopic (exact) mass is 270 g/mol. The largest absolute Gasteiger partial charge is 0.480 e. The van der Waals surface area contributed by atoms with Gasteiger partial charge in [-0.2, -0.15) is 5.10 Å². The lowest BCUT2D eigenvalue weighted by Crippen LogP contribution is -2.46. The second kappa shape index (κ2) is 5.30. The van der Waals surface area contributed by atoms with Gasteiger partial charge in [-0.1, -0.05) is 0 Å². The van der Waals surface area contributed by atoms with Crippen LogP contribution in [0.4, 0.5) is 4.79 Å². The molecule has 1 aromatic rings. The lowest BCUT2D eigenvalue weighted by Gasteiger charge is -2.20. The number of nitrogens with zero attached hydrogens (tertiary/aromatic N) is 3. The summed E-state index contributed by atoms with van der Waals surface area (Å²) in [6.07, 6.45) is 1.78. The van der Waals surface area contributed by atoms with Gasteiger partial charge >= 0.3 is 12.0 Å². The summed E-state index contributed by atoms with van der Waals surface area (Å²) in [5, 5.41) is 15.8. The molecule has 0 spiro atoms. The van der Waals surface area contributed by atoms with Crippen LogP contribution in [0, 0.1) is 0 Å². The van der Waals surface area contributed by atoms with Gasteiger partial charge in [0.25, 0.3) is 0 Å². The van der Waals surface area contributed by atoms with E-state index in [0.29, 0.717) is 18.2 Å². The standard InChI is InChI=1S/C10H14N4O3S/c1-13-3-2-7(12-13)4-11-10(17)14-6-18-5-8(14)9(15)16/h2-3,8H,4-6H2,1H3,(H,11,17)(H,15,16)/t8-/m0/s1. The van der Waals surface area contributed by atoms with E-state index in [1.807, 2.05) is 0 Å². The second-order valence-electron chi connectivity index (χ2n) is 3.96. The fourth-order valence-corrected chi connectivity index (χ4v) is 2.82. The number of thioether (sulfide) groups is 1. The maximum Gasteiger partial charge on any atom is 0.327 e. The summed E-state index contributed by atoms with van der Waals surface area (Å²) in [6.45, 7) is 0.299. The van der Waals surface area contributed by atoms with Crippen LogP contribution in [0.3, 0.4) is 0 Å². The van der Waals surface area contributed by atoms with Gasteiger partial charge in [-0.05, 0) is 6.07 Å². The van der Waals surface area contributed by atoms with E-state index in [1.165, 1.54) is 16.7 Å². The molecule has 7 nitrogen and oxygen atoms in total. The highest BCUT2D eigenvalue weighted by Crippen LogP contribution is 2.20. The van der Waals surface area contributed by atoms with Crippen molar-refractivity contribution in [1.82, 2.24) is 20.0 Å². The molecule has 1 aliphatic heterocycles. The molecule has 18 heavy (non-hydrogen) atoms. The zero-order valence-corrected chi connectivity index (χ0v) is 10.7. The minimum absolute atomic E-state index is 0.299. The van der Waals surface area contributed by atoms with E-state index in [1.54, 1.807) is 24.0 Å². The van der Waals surface area contributed by atoms with Gasteiger partial charge in [0, 0.05) is 19.0 Å². The molecule has 1 saturated heterocycles. The number of carbonyl (C=O) groups is 2. The molecule has 0 unspecified atom stereocenters. The van der Waals surface area contributed by atoms with E-state index >= 15 is 0 Å². The van der Waals surface area contributed by atoms with E-state index < -0.39 is 12.0 Å². The van der Waals surface area contributed by atoms with Crippen molar-refractivity contribution >= 4 is 23.8 Å². The molecule has 1 aromatic heterocycles. The Hall–Kier alpha value is -1.70. The molecule has 0 aromatic carbocycles. The third-order valence-electron chi connectivity index (χ3n) is 2.62. The second-order valence-corrected chi connectivity index (χ2v) is 4.96. The number of hydrogen-bond donors (Lipinski definition) is 2. The third-order valence-corrected chi connectivity index (χ3v) is 3.63. The van der Waals surface area contributed by atoms with Crippen LogP contribution in [-0.2, 0) is 18.4 Å². The van der Waals surface area contributed by atoms with Crippen molar-refractivity contribution in [2.75, 3.05) is 11.6 Å². The minimum Gasteiger partial charge on any atom is -0.480 e. The quantitative estimate of drug-likeness (QED) is 0.812. The lowest BCUT2D eigenvalue weighted by atomic mass is 10.3. The Morgan fingerprint density at radius 3 is 3.06 bits per heavy atom. The van der Waals surface area contributed by atoms with Gasteiger partial charge in [0.15, 0.2) is 0 Å². The number of aromatic nitrogens is 2. The van der Waals surface area contributed by atoms with E-state index in [9.17, 15) is 9.59 Å². The molecule has 2 heterocycles. The van der Waals surface area contributed by atoms with Gasteiger partial charge in [-0.25, -0.2) is 9.59 Å². The van der Waals surface area contributed by atoms with Crippen LogP contribution in [0.2, 0.25) is 0 Å². The van der Waals surface area contributed by atoms with Crippen LogP contribution in [-0.4, -0.2) is 49.5 Å². The van der Waals surface area contributed by atoms with E-state index in [0.717, 1.165) is 5.69 Å². The highest BCUT2D eigenvalue weighted by molar-refractivity contribution is 7.99. The number of aliphatic carboxylic acids is 1. The summed E-state index contributed by atoms with van der Waals surface area (Å²) in [5.74, 6) is -0.120. The maximum absolute atomic E-state index is 11.8. The molecular formula is C10H14N4O3S. The first-order chi connectivity index (χ1) is 8.58. The number of amides is 2. The van der Waals surface area contributed by atoms with Crippen LogP contribution in [0.25, 0.3) is 0 Å². The Balaban J connectivity index is 1.89. The average Bonchev–Trinajstić information content (AvgIpc) is 2.94. The summed E-state index contributed by atoms with van der Waals surface area (Å²) in [7, 11) is 1.79. The summed E-state index contributed by atoms with van der Waals surface area (Å²) in [4.78, 5) is 24.1. The number of urea groups is 1. The molecule has 0 saturated carbocycles.